The van der Waals surface area contributed by atoms with E-state index in [-0.39, 0.29) is 6.08 Å². The molecule has 6 nitrogen and oxygen atoms in total. The summed E-state index contributed by atoms with van der Waals surface area (Å²) in [6, 6.07) is 15.1. The summed E-state index contributed by atoms with van der Waals surface area (Å²) in [6.45, 7) is 4.74. The van der Waals surface area contributed by atoms with E-state index in [1.165, 1.54) is 12.8 Å². The number of hydrogen-bond donors (Lipinski definition) is 0. The highest BCUT2D eigenvalue weighted by molar-refractivity contribution is 5.72. The Morgan fingerprint density at radius 2 is 1.79 bits per heavy atom. The van der Waals surface area contributed by atoms with E-state index in [4.69, 9.17) is 18.6 Å². The Morgan fingerprint density at radius 3 is 2.54 bits per heavy atom. The van der Waals surface area contributed by atoms with Gasteiger partial charge in [-0.25, -0.2) is 0 Å². The highest BCUT2D eigenvalue weighted by atomic mass is 16.6. The van der Waals surface area contributed by atoms with Gasteiger partial charge >= 0.3 is 6.08 Å². The van der Waals surface area contributed by atoms with Crippen LogP contribution in [-0.2, 0) is 4.74 Å². The summed E-state index contributed by atoms with van der Waals surface area (Å²) < 4.78 is 22.4. The topological polar surface area (TPSA) is 57.0 Å². The number of hydrogen-bond acceptors (Lipinski definition) is 6. The SMILES string of the molecule is COCC1CCN(CCOc2ccc(Oc3nc4ccccc4o3)cc2)CC1. The summed E-state index contributed by atoms with van der Waals surface area (Å²) in [6.07, 6.45) is 2.65. The molecular formula is C22H26N2O4. The van der Waals surface area contributed by atoms with Crippen LogP contribution in [0.25, 0.3) is 11.1 Å². The molecule has 1 aliphatic rings. The van der Waals surface area contributed by atoms with Crippen molar-refractivity contribution >= 4 is 11.1 Å². The van der Waals surface area contributed by atoms with Crippen LogP contribution in [0.4, 0.5) is 0 Å². The molecule has 148 valence electrons. The Hall–Kier alpha value is -2.57. The third kappa shape index (κ3) is 4.82. The normalized spacial score (nSPS) is 15.8. The Kier molecular flexibility index (Phi) is 6.09. The Balaban J connectivity index is 1.22. The molecule has 0 amide bonds. The van der Waals surface area contributed by atoms with Crippen LogP contribution in [0, 0.1) is 5.92 Å². The lowest BCUT2D eigenvalue weighted by molar-refractivity contribution is 0.0928. The standard InChI is InChI=1S/C22H26N2O4/c1-25-16-17-10-12-24(13-11-17)14-15-26-18-6-8-19(9-7-18)27-22-23-20-4-2-3-5-21(20)28-22/h2-9,17H,10-16H2,1H3. The Morgan fingerprint density at radius 1 is 1.04 bits per heavy atom. The molecule has 6 heteroatoms. The quantitative estimate of drug-likeness (QED) is 0.577. The van der Waals surface area contributed by atoms with Crippen LogP contribution >= 0.6 is 0 Å². The zero-order chi connectivity index (χ0) is 19.2. The van der Waals surface area contributed by atoms with E-state index in [9.17, 15) is 0 Å². The van der Waals surface area contributed by atoms with Gasteiger partial charge in [0.2, 0.25) is 0 Å². The van der Waals surface area contributed by atoms with E-state index in [1.807, 2.05) is 48.5 Å². The fourth-order valence-corrected chi connectivity index (χ4v) is 3.50. The van der Waals surface area contributed by atoms with E-state index in [1.54, 1.807) is 7.11 Å². The van der Waals surface area contributed by atoms with Crippen molar-refractivity contribution in [2.24, 2.45) is 5.92 Å². The third-order valence-electron chi connectivity index (χ3n) is 5.09. The molecule has 1 aliphatic heterocycles. The second kappa shape index (κ2) is 9.08. The molecule has 4 rings (SSSR count). The van der Waals surface area contributed by atoms with Crippen molar-refractivity contribution < 1.29 is 18.6 Å². The molecule has 0 radical (unpaired) electrons. The van der Waals surface area contributed by atoms with Crippen LogP contribution in [0.2, 0.25) is 0 Å². The molecule has 2 heterocycles. The lowest BCUT2D eigenvalue weighted by atomic mass is 9.98. The molecule has 28 heavy (non-hydrogen) atoms. The number of ether oxygens (including phenoxy) is 3. The number of piperidine rings is 1. The molecule has 0 aliphatic carbocycles. The number of benzene rings is 2. The summed E-state index contributed by atoms with van der Waals surface area (Å²) in [4.78, 5) is 6.77. The van der Waals surface area contributed by atoms with Crippen LogP contribution in [0.1, 0.15) is 12.8 Å². The summed E-state index contributed by atoms with van der Waals surface area (Å²) >= 11 is 0. The Bertz CT molecular complexity index is 837. The zero-order valence-electron chi connectivity index (χ0n) is 16.2. The van der Waals surface area contributed by atoms with Gasteiger partial charge < -0.3 is 18.6 Å². The van der Waals surface area contributed by atoms with Gasteiger partial charge in [0.1, 0.15) is 23.6 Å². The summed E-state index contributed by atoms with van der Waals surface area (Å²) in [5.41, 5.74) is 1.49. The van der Waals surface area contributed by atoms with Gasteiger partial charge in [-0.2, -0.15) is 4.98 Å². The molecule has 0 spiro atoms. The van der Waals surface area contributed by atoms with Crippen molar-refractivity contribution in [2.75, 3.05) is 40.0 Å². The first-order chi connectivity index (χ1) is 13.8. The molecule has 1 aromatic heterocycles. The average Bonchev–Trinajstić information content (AvgIpc) is 3.13. The number of rotatable bonds is 8. The minimum absolute atomic E-state index is 0.242. The second-order valence-corrected chi connectivity index (χ2v) is 7.11. The molecule has 0 N–H and O–H groups in total. The predicted octanol–water partition coefficient (Wildman–Crippen LogP) is 4.36. The number of likely N-dealkylation sites (tertiary alicyclic amines) is 1. The third-order valence-corrected chi connectivity index (χ3v) is 5.09. The predicted molar refractivity (Wildman–Crippen MR) is 107 cm³/mol. The number of fused-ring (bicyclic) bond motifs is 1. The van der Waals surface area contributed by atoms with Crippen molar-refractivity contribution in [2.45, 2.75) is 12.8 Å². The molecule has 0 atom stereocenters. The number of oxazole rings is 1. The van der Waals surface area contributed by atoms with Gasteiger partial charge in [0, 0.05) is 20.3 Å². The van der Waals surface area contributed by atoms with Gasteiger partial charge in [0.25, 0.3) is 0 Å². The van der Waals surface area contributed by atoms with Crippen LogP contribution in [0.15, 0.2) is 52.9 Å². The van der Waals surface area contributed by atoms with Gasteiger partial charge in [0.15, 0.2) is 5.58 Å². The largest absolute Gasteiger partial charge is 0.492 e. The molecule has 2 aromatic carbocycles. The monoisotopic (exact) mass is 382 g/mol. The first-order valence-electron chi connectivity index (χ1n) is 9.78. The van der Waals surface area contributed by atoms with E-state index in [0.29, 0.717) is 23.9 Å². The van der Waals surface area contributed by atoms with E-state index in [0.717, 1.165) is 37.5 Å². The fourth-order valence-electron chi connectivity index (χ4n) is 3.50. The smallest absolute Gasteiger partial charge is 0.400 e. The maximum atomic E-state index is 5.88. The number of aromatic nitrogens is 1. The lowest BCUT2D eigenvalue weighted by Crippen LogP contribution is -2.37. The summed E-state index contributed by atoms with van der Waals surface area (Å²) in [7, 11) is 1.78. The molecule has 0 saturated carbocycles. The van der Waals surface area contributed by atoms with Crippen LogP contribution in [0.5, 0.6) is 17.6 Å². The van der Waals surface area contributed by atoms with E-state index < -0.39 is 0 Å². The van der Waals surface area contributed by atoms with Gasteiger partial charge in [-0.3, -0.25) is 4.90 Å². The minimum Gasteiger partial charge on any atom is -0.492 e. The molecule has 3 aromatic rings. The molecule has 1 saturated heterocycles. The lowest BCUT2D eigenvalue weighted by Gasteiger charge is -2.31. The molecule has 0 bridgehead atoms. The van der Waals surface area contributed by atoms with Gasteiger partial charge in [-0.15, -0.1) is 0 Å². The zero-order valence-corrected chi connectivity index (χ0v) is 16.2. The van der Waals surface area contributed by atoms with Crippen molar-refractivity contribution in [3.8, 4) is 17.6 Å². The maximum Gasteiger partial charge on any atom is 0.400 e. The maximum absolute atomic E-state index is 5.88. The first kappa shape index (κ1) is 18.8. The van der Waals surface area contributed by atoms with E-state index in [2.05, 4.69) is 9.88 Å². The number of nitrogens with zero attached hydrogens (tertiary/aromatic N) is 2. The minimum atomic E-state index is 0.242. The van der Waals surface area contributed by atoms with Crippen LogP contribution < -0.4 is 9.47 Å². The highest BCUT2D eigenvalue weighted by Gasteiger charge is 2.18. The van der Waals surface area contributed by atoms with Crippen LogP contribution in [0.3, 0.4) is 0 Å². The second-order valence-electron chi connectivity index (χ2n) is 7.11. The highest BCUT2D eigenvalue weighted by Crippen LogP contribution is 2.26. The van der Waals surface area contributed by atoms with E-state index >= 15 is 0 Å². The molecule has 1 fully saturated rings. The summed E-state index contributed by atoms with van der Waals surface area (Å²) in [5.74, 6) is 2.20. The van der Waals surface area contributed by atoms with Gasteiger partial charge in [0.05, 0.1) is 0 Å². The number of methoxy groups -OCH3 is 1. The van der Waals surface area contributed by atoms with Crippen molar-refractivity contribution in [3.63, 3.8) is 0 Å². The van der Waals surface area contributed by atoms with Crippen molar-refractivity contribution in [3.05, 3.63) is 48.5 Å². The Labute approximate surface area is 165 Å². The fraction of sp³-hybridized carbons (Fsp3) is 0.409. The van der Waals surface area contributed by atoms with Crippen molar-refractivity contribution in [1.82, 2.24) is 9.88 Å². The van der Waals surface area contributed by atoms with Crippen molar-refractivity contribution in [1.29, 1.82) is 0 Å². The first-order valence-corrected chi connectivity index (χ1v) is 9.78. The van der Waals surface area contributed by atoms with Gasteiger partial charge in [-0.05, 0) is 68.2 Å². The van der Waals surface area contributed by atoms with Gasteiger partial charge in [-0.1, -0.05) is 12.1 Å². The molecular weight excluding hydrogens is 356 g/mol. The average molecular weight is 382 g/mol. The molecule has 0 unspecified atom stereocenters. The summed E-state index contributed by atoms with van der Waals surface area (Å²) in [5, 5.41) is 0. The number of para-hydroxylation sites is 2. The van der Waals surface area contributed by atoms with Crippen LogP contribution in [-0.4, -0.2) is 49.8 Å².